The Bertz CT molecular complexity index is 5110. The summed E-state index contributed by atoms with van der Waals surface area (Å²) in [5.41, 5.74) is 29.6. The first-order chi connectivity index (χ1) is 47.2. The first kappa shape index (κ1) is 61.8. The molecule has 0 amide bonds. The van der Waals surface area contributed by atoms with Gasteiger partial charge in [-0.2, -0.15) is 0 Å². The standard InChI is InChI=1S/C92H74N4S/c1-91(2,3)78-42-30-66(31-43-78)64-22-26-69(27-23-64)73-40-53-86-84(59-73)85-60-74(70-28-24-65(25-29-70)67-32-44-79(45-33-67)92(4,5)6)41-54-87(85)96(86)82-50-38-72(39-51-82)83-52-55-88(90(94-97)89(83)93)95(80-46-34-68(35-47-80)61-16-10-7-11-17-61)81-48-36-71(37-49-81)77-57-75(62-18-12-8-13-19-62)56-76(58-77)63-20-14-9-15-21-63/h7-60,93,97H,1-6H3. The molecule has 0 saturated carbocycles. The molecule has 97 heavy (non-hydrogen) atoms. The molecule has 0 spiro atoms. The fraction of sp³-hybridized carbons (Fsp3) is 0.0870. The minimum absolute atomic E-state index is 0.0960. The van der Waals surface area contributed by atoms with Crippen molar-refractivity contribution in [1.82, 2.24) is 4.57 Å². The molecule has 4 nitrogen and oxygen atoms in total. The van der Waals surface area contributed by atoms with Crippen molar-refractivity contribution < 1.29 is 0 Å². The molecule has 0 unspecified atom stereocenters. The highest BCUT2D eigenvalue weighted by Gasteiger charge is 2.28. The second-order valence-electron chi connectivity index (χ2n) is 27.4. The number of hydrogen-bond donors (Lipinski definition) is 2. The highest BCUT2D eigenvalue weighted by molar-refractivity contribution is 7.79. The van der Waals surface area contributed by atoms with E-state index in [9.17, 15) is 5.41 Å². The van der Waals surface area contributed by atoms with Crippen molar-refractivity contribution >= 4 is 63.0 Å². The number of aromatic nitrogens is 1. The summed E-state index contributed by atoms with van der Waals surface area (Å²) in [5.74, 6) is 0. The minimum Gasteiger partial charge on any atom is -0.309 e. The minimum atomic E-state index is 0.0960. The summed E-state index contributed by atoms with van der Waals surface area (Å²) in [5, 5.41) is 12.3. The summed E-state index contributed by atoms with van der Waals surface area (Å²) in [6, 6.07) is 114. The number of nitrogens with one attached hydrogen (secondary N) is 1. The molecule has 0 aliphatic heterocycles. The lowest BCUT2D eigenvalue weighted by molar-refractivity contribution is 0.590. The van der Waals surface area contributed by atoms with Crippen LogP contribution in [0.2, 0.25) is 0 Å². The van der Waals surface area contributed by atoms with E-state index < -0.39 is 0 Å². The Labute approximate surface area is 575 Å². The van der Waals surface area contributed by atoms with Crippen LogP contribution in [0.4, 0.5) is 11.4 Å². The van der Waals surface area contributed by atoms with Gasteiger partial charge in [-0.05, 0) is 220 Å². The van der Waals surface area contributed by atoms with Crippen LogP contribution >= 0.6 is 12.8 Å². The molecule has 1 aliphatic carbocycles. The predicted octanol–water partition coefficient (Wildman–Crippen LogP) is 25.1. The number of hydrogen-bond acceptors (Lipinski definition) is 4. The zero-order valence-electron chi connectivity index (χ0n) is 55.5. The van der Waals surface area contributed by atoms with Crippen LogP contribution < -0.4 is 4.90 Å². The Morgan fingerprint density at radius 2 is 0.608 bits per heavy atom. The van der Waals surface area contributed by atoms with Gasteiger partial charge in [0, 0.05) is 33.4 Å². The third-order valence-corrected chi connectivity index (χ3v) is 19.3. The van der Waals surface area contributed by atoms with Gasteiger partial charge in [-0.25, -0.2) is 4.40 Å². The summed E-state index contributed by atoms with van der Waals surface area (Å²) in [6.45, 7) is 13.6. The van der Waals surface area contributed by atoms with Crippen LogP contribution in [0.5, 0.6) is 0 Å². The number of anilines is 2. The maximum atomic E-state index is 10.0. The van der Waals surface area contributed by atoms with Crippen LogP contribution in [-0.4, -0.2) is 16.0 Å². The summed E-state index contributed by atoms with van der Waals surface area (Å²) < 4.78 is 7.02. The monoisotopic (exact) mass is 1270 g/mol. The van der Waals surface area contributed by atoms with E-state index in [4.69, 9.17) is 0 Å². The van der Waals surface area contributed by atoms with Gasteiger partial charge in [-0.1, -0.05) is 278 Å². The van der Waals surface area contributed by atoms with Gasteiger partial charge in [0.15, 0.2) is 0 Å². The molecular formula is C92H74N4S. The third kappa shape index (κ3) is 12.4. The SMILES string of the molecule is CC(C)(C)c1ccc(-c2ccc(-c3ccc4c(c3)c3cc(-c5ccc(-c6ccc(C(C)(C)C)cc6)cc5)ccc3n4-c3ccc(C4=CC=C(N(c5ccc(-c6ccccc6)cc5)c5ccc(-c6cc(-c7ccccc7)cc(-c7ccccc7)c6)cc5)C(=NS)C4=N)cc3)cc2)cc1. The van der Waals surface area contributed by atoms with E-state index in [0.29, 0.717) is 5.71 Å². The highest BCUT2D eigenvalue weighted by atomic mass is 32.1. The van der Waals surface area contributed by atoms with Gasteiger partial charge in [0.05, 0.1) is 22.4 Å². The van der Waals surface area contributed by atoms with E-state index >= 15 is 0 Å². The van der Waals surface area contributed by atoms with E-state index in [1.165, 1.54) is 44.2 Å². The zero-order chi connectivity index (χ0) is 66.4. The molecule has 0 saturated heterocycles. The maximum Gasteiger partial charge on any atom is 0.121 e. The quantitative estimate of drug-likeness (QED) is 0.0877. The summed E-state index contributed by atoms with van der Waals surface area (Å²) in [6.07, 6.45) is 4.14. The smallest absolute Gasteiger partial charge is 0.121 e. The van der Waals surface area contributed by atoms with Crippen LogP contribution in [0, 0.1) is 5.41 Å². The van der Waals surface area contributed by atoms with Gasteiger partial charge in [0.25, 0.3) is 0 Å². The lowest BCUT2D eigenvalue weighted by Gasteiger charge is -2.31. The number of allylic oxidation sites excluding steroid dienone is 4. The Morgan fingerprint density at radius 1 is 0.309 bits per heavy atom. The van der Waals surface area contributed by atoms with Gasteiger partial charge < -0.3 is 9.47 Å². The van der Waals surface area contributed by atoms with Crippen molar-refractivity contribution in [2.75, 3.05) is 4.90 Å². The van der Waals surface area contributed by atoms with E-state index in [2.05, 4.69) is 390 Å². The summed E-state index contributed by atoms with van der Waals surface area (Å²) >= 11 is 4.66. The highest BCUT2D eigenvalue weighted by Crippen LogP contribution is 2.42. The second-order valence-corrected chi connectivity index (χ2v) is 27.6. The fourth-order valence-electron chi connectivity index (χ4n) is 13.6. The maximum absolute atomic E-state index is 10.0. The molecule has 13 aromatic carbocycles. The lowest BCUT2D eigenvalue weighted by Crippen LogP contribution is -2.30. The third-order valence-electron chi connectivity index (χ3n) is 19.1. The van der Waals surface area contributed by atoms with Crippen molar-refractivity contribution in [2.24, 2.45) is 4.40 Å². The van der Waals surface area contributed by atoms with Crippen LogP contribution in [0.15, 0.2) is 338 Å². The van der Waals surface area contributed by atoms with E-state index in [-0.39, 0.29) is 16.5 Å². The van der Waals surface area contributed by atoms with Crippen LogP contribution in [0.1, 0.15) is 58.2 Å². The van der Waals surface area contributed by atoms with Crippen LogP contribution in [0.25, 0.3) is 122 Å². The summed E-state index contributed by atoms with van der Waals surface area (Å²) in [7, 11) is 0. The van der Waals surface area contributed by atoms with Crippen molar-refractivity contribution in [1.29, 1.82) is 5.41 Å². The largest absolute Gasteiger partial charge is 0.309 e. The molecule has 0 radical (unpaired) electrons. The average molecular weight is 1270 g/mol. The van der Waals surface area contributed by atoms with Gasteiger partial charge in [0.2, 0.25) is 0 Å². The molecule has 0 fully saturated rings. The second kappa shape index (κ2) is 25.7. The van der Waals surface area contributed by atoms with Crippen LogP contribution in [-0.2, 0) is 10.8 Å². The molecule has 5 heteroatoms. The zero-order valence-corrected chi connectivity index (χ0v) is 56.4. The molecule has 14 aromatic rings. The van der Waals surface area contributed by atoms with Gasteiger partial charge in [-0.15, -0.1) is 0 Å². The molecular weight excluding hydrogens is 1190 g/mol. The molecule has 1 aliphatic rings. The molecule has 468 valence electrons. The van der Waals surface area contributed by atoms with Gasteiger partial charge in [-0.3, -0.25) is 5.41 Å². The van der Waals surface area contributed by atoms with Crippen molar-refractivity contribution in [3.05, 3.63) is 350 Å². The molecule has 15 rings (SSSR count). The number of fused-ring (bicyclic) bond motifs is 3. The van der Waals surface area contributed by atoms with Crippen LogP contribution in [0.3, 0.4) is 0 Å². The number of nitrogens with zero attached hydrogens (tertiary/aromatic N) is 3. The van der Waals surface area contributed by atoms with E-state index in [1.807, 2.05) is 6.07 Å². The first-order valence-corrected chi connectivity index (χ1v) is 33.8. The Balaban J connectivity index is 0.784. The Hall–Kier alpha value is -11.4. The lowest BCUT2D eigenvalue weighted by atomic mass is 9.86. The van der Waals surface area contributed by atoms with Gasteiger partial charge in [0.1, 0.15) is 5.71 Å². The molecule has 1 heterocycles. The Morgan fingerprint density at radius 3 is 0.969 bits per heavy atom. The fourth-order valence-corrected chi connectivity index (χ4v) is 13.8. The van der Waals surface area contributed by atoms with E-state index in [1.54, 1.807) is 0 Å². The van der Waals surface area contributed by atoms with Crippen molar-refractivity contribution in [2.45, 2.75) is 52.4 Å². The molecule has 1 N–H and O–H groups in total. The van der Waals surface area contributed by atoms with Crippen molar-refractivity contribution in [3.8, 4) is 94.7 Å². The van der Waals surface area contributed by atoms with Crippen molar-refractivity contribution in [3.63, 3.8) is 0 Å². The normalized spacial score (nSPS) is 13.1. The number of benzene rings is 13. The number of rotatable bonds is 13. The summed E-state index contributed by atoms with van der Waals surface area (Å²) in [4.78, 5) is 2.19. The first-order valence-electron chi connectivity index (χ1n) is 33.4. The topological polar surface area (TPSA) is 44.4 Å². The Kier molecular flexibility index (Phi) is 16.4. The molecule has 0 atom stereocenters. The average Bonchev–Trinajstić information content (AvgIpc) is 1.64. The number of thiol groups is 1. The van der Waals surface area contributed by atoms with Gasteiger partial charge >= 0.3 is 0 Å². The molecule has 1 aromatic heterocycles. The predicted molar refractivity (Wildman–Crippen MR) is 417 cm³/mol. The molecule has 0 bridgehead atoms. The van der Waals surface area contributed by atoms with E-state index in [0.717, 1.165) is 112 Å².